The number of rotatable bonds is 9. The maximum atomic E-state index is 12.1. The van der Waals surface area contributed by atoms with Crippen molar-refractivity contribution in [3.8, 4) is 0 Å². The first-order valence-corrected chi connectivity index (χ1v) is 9.18. The highest BCUT2D eigenvalue weighted by molar-refractivity contribution is 7.99. The molecule has 0 aliphatic carbocycles. The van der Waals surface area contributed by atoms with Gasteiger partial charge in [0.15, 0.2) is 0 Å². The quantitative estimate of drug-likeness (QED) is 0.514. The van der Waals surface area contributed by atoms with Gasteiger partial charge in [0.1, 0.15) is 6.29 Å². The molecule has 1 saturated heterocycles. The first-order valence-electron chi connectivity index (χ1n) is 8.13. The largest absolute Gasteiger partial charge is 0.302 e. The molecule has 0 aromatic heterocycles. The Hall–Kier alpha value is -1.62. The molecule has 0 radical (unpaired) electrons. The number of hydrogen-bond acceptors (Lipinski definition) is 4. The zero-order chi connectivity index (χ0) is 16.7. The lowest BCUT2D eigenvalue weighted by Crippen LogP contribution is -2.46. The van der Waals surface area contributed by atoms with E-state index in [4.69, 9.17) is 0 Å². The fraction of sp³-hybridized carbons (Fsp3) is 0.500. The van der Waals surface area contributed by atoms with Gasteiger partial charge < -0.3 is 4.79 Å². The normalized spacial score (nSPS) is 17.3. The summed E-state index contributed by atoms with van der Waals surface area (Å²) in [5, 5.41) is -0.368. The molecule has 0 N–H and O–H groups in total. The highest BCUT2D eigenvalue weighted by Crippen LogP contribution is 2.28. The molecule has 1 aromatic carbocycles. The Labute approximate surface area is 141 Å². The molecule has 2 rings (SSSR count). The number of aldehydes is 1. The molecule has 1 aromatic rings. The molecule has 1 fully saturated rings. The minimum absolute atomic E-state index is 0.136. The van der Waals surface area contributed by atoms with Crippen LogP contribution in [-0.4, -0.2) is 34.3 Å². The Morgan fingerprint density at radius 3 is 2.39 bits per heavy atom. The number of thioether (sulfide) groups is 1. The fourth-order valence-corrected chi connectivity index (χ4v) is 3.96. The van der Waals surface area contributed by atoms with Gasteiger partial charge in [0.25, 0.3) is 0 Å². The Bertz CT molecular complexity index is 530. The minimum atomic E-state index is -0.368. The van der Waals surface area contributed by atoms with E-state index in [-0.39, 0.29) is 35.9 Å². The number of carbonyl (C=O) groups excluding carboxylic acids is 3. The second-order valence-electron chi connectivity index (χ2n) is 5.76. The summed E-state index contributed by atoms with van der Waals surface area (Å²) in [6.07, 6.45) is 4.01. The van der Waals surface area contributed by atoms with Gasteiger partial charge in [-0.15, -0.1) is 11.8 Å². The monoisotopic (exact) mass is 333 g/mol. The number of imide groups is 1. The summed E-state index contributed by atoms with van der Waals surface area (Å²) in [5.74, 6) is 0.426. The molecule has 0 bridgehead atoms. The van der Waals surface area contributed by atoms with E-state index in [1.807, 2.05) is 30.3 Å². The SMILES string of the molecule is CCCC[C@H]([C@@H](C=O)SCc1ccccc1)N1C(=O)CCC1=O. The molecule has 4 nitrogen and oxygen atoms in total. The van der Waals surface area contributed by atoms with E-state index >= 15 is 0 Å². The average molecular weight is 333 g/mol. The third kappa shape index (κ3) is 4.67. The zero-order valence-electron chi connectivity index (χ0n) is 13.4. The third-order valence-electron chi connectivity index (χ3n) is 4.07. The number of carbonyl (C=O) groups is 3. The highest BCUT2D eigenvalue weighted by atomic mass is 32.2. The van der Waals surface area contributed by atoms with Gasteiger partial charge in [-0.05, 0) is 12.0 Å². The molecule has 5 heteroatoms. The fourth-order valence-electron chi connectivity index (χ4n) is 2.83. The third-order valence-corrected chi connectivity index (χ3v) is 5.38. The maximum Gasteiger partial charge on any atom is 0.229 e. The van der Waals surface area contributed by atoms with Crippen LogP contribution in [0.25, 0.3) is 0 Å². The summed E-state index contributed by atoms with van der Waals surface area (Å²) in [5.41, 5.74) is 1.14. The van der Waals surface area contributed by atoms with Crippen molar-refractivity contribution in [2.75, 3.05) is 0 Å². The van der Waals surface area contributed by atoms with Gasteiger partial charge in [-0.2, -0.15) is 0 Å². The number of hydrogen-bond donors (Lipinski definition) is 0. The predicted octanol–water partition coefficient (Wildman–Crippen LogP) is 3.20. The second kappa shape index (κ2) is 8.87. The van der Waals surface area contributed by atoms with Gasteiger partial charge in [-0.25, -0.2) is 0 Å². The average Bonchev–Trinajstić information content (AvgIpc) is 2.90. The van der Waals surface area contributed by atoms with Gasteiger partial charge in [0.05, 0.1) is 11.3 Å². The van der Waals surface area contributed by atoms with E-state index in [0.29, 0.717) is 12.2 Å². The second-order valence-corrected chi connectivity index (χ2v) is 6.93. The Balaban J connectivity index is 2.09. The van der Waals surface area contributed by atoms with Crippen LogP contribution in [0.15, 0.2) is 30.3 Å². The van der Waals surface area contributed by atoms with Crippen molar-refractivity contribution in [2.24, 2.45) is 0 Å². The molecule has 124 valence electrons. The van der Waals surface area contributed by atoms with E-state index < -0.39 is 0 Å². The van der Waals surface area contributed by atoms with Crippen LogP contribution in [-0.2, 0) is 20.1 Å². The van der Waals surface area contributed by atoms with E-state index in [0.717, 1.165) is 24.7 Å². The van der Waals surface area contributed by atoms with Crippen molar-refractivity contribution >= 4 is 29.9 Å². The summed E-state index contributed by atoms with van der Waals surface area (Å²) in [6.45, 7) is 2.07. The lowest BCUT2D eigenvalue weighted by Gasteiger charge is -2.30. The lowest BCUT2D eigenvalue weighted by atomic mass is 10.1. The molecule has 23 heavy (non-hydrogen) atoms. The number of likely N-dealkylation sites (tertiary alicyclic amines) is 1. The number of amides is 2. The summed E-state index contributed by atoms with van der Waals surface area (Å²) in [7, 11) is 0. The standard InChI is InChI=1S/C18H23NO3S/c1-2-3-9-15(19-17(21)10-11-18(19)22)16(12-20)23-13-14-7-5-4-6-8-14/h4-8,12,15-16H,2-3,9-11,13H2,1H3/t15-,16-/m1/s1. The molecular weight excluding hydrogens is 310 g/mol. The Morgan fingerprint density at radius 1 is 1.17 bits per heavy atom. The van der Waals surface area contributed by atoms with Crippen LogP contribution in [0.4, 0.5) is 0 Å². The van der Waals surface area contributed by atoms with Gasteiger partial charge in [-0.1, -0.05) is 50.1 Å². The molecular formula is C18H23NO3S. The zero-order valence-corrected chi connectivity index (χ0v) is 14.3. The molecule has 2 atom stereocenters. The maximum absolute atomic E-state index is 12.1. The lowest BCUT2D eigenvalue weighted by molar-refractivity contribution is -0.141. The van der Waals surface area contributed by atoms with Crippen molar-refractivity contribution in [2.45, 2.75) is 56.1 Å². The van der Waals surface area contributed by atoms with Gasteiger partial charge >= 0.3 is 0 Å². The molecule has 2 amide bonds. The number of benzene rings is 1. The predicted molar refractivity (Wildman–Crippen MR) is 92.0 cm³/mol. The minimum Gasteiger partial charge on any atom is -0.302 e. The van der Waals surface area contributed by atoms with Crippen LogP contribution < -0.4 is 0 Å². The summed E-state index contributed by atoms with van der Waals surface area (Å²) in [6, 6.07) is 9.60. The van der Waals surface area contributed by atoms with Crippen molar-refractivity contribution < 1.29 is 14.4 Å². The van der Waals surface area contributed by atoms with Crippen molar-refractivity contribution in [3.63, 3.8) is 0 Å². The Morgan fingerprint density at radius 2 is 1.83 bits per heavy atom. The van der Waals surface area contributed by atoms with E-state index in [1.165, 1.54) is 16.7 Å². The van der Waals surface area contributed by atoms with Crippen LogP contribution >= 0.6 is 11.8 Å². The van der Waals surface area contributed by atoms with Crippen molar-refractivity contribution in [1.29, 1.82) is 0 Å². The van der Waals surface area contributed by atoms with Gasteiger partial charge in [-0.3, -0.25) is 14.5 Å². The van der Waals surface area contributed by atoms with E-state index in [1.54, 1.807) is 0 Å². The molecule has 1 aliphatic rings. The van der Waals surface area contributed by atoms with E-state index in [2.05, 4.69) is 6.92 Å². The first kappa shape index (κ1) is 17.7. The summed E-state index contributed by atoms with van der Waals surface area (Å²) >= 11 is 1.51. The van der Waals surface area contributed by atoms with Gasteiger partial charge in [0.2, 0.25) is 11.8 Å². The topological polar surface area (TPSA) is 54.5 Å². The highest BCUT2D eigenvalue weighted by Gasteiger charge is 2.38. The summed E-state index contributed by atoms with van der Waals surface area (Å²) in [4.78, 5) is 37.1. The van der Waals surface area contributed by atoms with Crippen molar-refractivity contribution in [3.05, 3.63) is 35.9 Å². The van der Waals surface area contributed by atoms with Crippen LogP contribution in [0.3, 0.4) is 0 Å². The van der Waals surface area contributed by atoms with Gasteiger partial charge in [0, 0.05) is 18.6 Å². The summed E-state index contributed by atoms with van der Waals surface area (Å²) < 4.78 is 0. The van der Waals surface area contributed by atoms with Crippen LogP contribution in [0.5, 0.6) is 0 Å². The van der Waals surface area contributed by atoms with Crippen LogP contribution in [0.2, 0.25) is 0 Å². The molecule has 0 saturated carbocycles. The van der Waals surface area contributed by atoms with Crippen molar-refractivity contribution in [1.82, 2.24) is 4.90 Å². The number of unbranched alkanes of at least 4 members (excludes halogenated alkanes) is 1. The molecule has 1 aliphatic heterocycles. The first-order chi connectivity index (χ1) is 11.2. The van der Waals surface area contributed by atoms with E-state index in [9.17, 15) is 14.4 Å². The molecule has 0 spiro atoms. The van der Waals surface area contributed by atoms with Crippen LogP contribution in [0.1, 0.15) is 44.6 Å². The number of nitrogens with zero attached hydrogens (tertiary/aromatic N) is 1. The van der Waals surface area contributed by atoms with Crippen LogP contribution in [0, 0.1) is 0 Å². The molecule has 1 heterocycles. The molecule has 0 unspecified atom stereocenters. The smallest absolute Gasteiger partial charge is 0.229 e. The Kier molecular flexibility index (Phi) is 6.84.